The van der Waals surface area contributed by atoms with Crippen LogP contribution in [0.4, 0.5) is 0 Å². The summed E-state index contributed by atoms with van der Waals surface area (Å²) < 4.78 is 25.2. The van der Waals surface area contributed by atoms with E-state index in [1.54, 1.807) is 7.11 Å². The van der Waals surface area contributed by atoms with E-state index in [0.717, 1.165) is 12.8 Å². The number of hydrogen-bond acceptors (Lipinski definition) is 4. The van der Waals surface area contributed by atoms with Gasteiger partial charge in [-0.25, -0.2) is 0 Å². The molecule has 0 bridgehead atoms. The molecule has 1 atom stereocenters. The lowest BCUT2D eigenvalue weighted by Crippen LogP contribution is -1.97. The van der Waals surface area contributed by atoms with Crippen LogP contribution in [0.2, 0.25) is 0 Å². The molecule has 0 saturated carbocycles. The zero-order valence-electron chi connectivity index (χ0n) is 7.62. The Morgan fingerprint density at radius 3 is 2.42 bits per heavy atom. The molecule has 1 unspecified atom stereocenters. The Bertz CT molecular complexity index is 106. The van der Waals surface area contributed by atoms with Gasteiger partial charge in [0.15, 0.2) is 0 Å². The Morgan fingerprint density at radius 2 is 1.83 bits per heavy atom. The van der Waals surface area contributed by atoms with Gasteiger partial charge in [0, 0.05) is 11.7 Å². The van der Waals surface area contributed by atoms with Gasteiger partial charge in [0.05, 0.1) is 6.61 Å². The average molecular weight is 195 g/mol. The first kappa shape index (κ1) is 12.0. The third kappa shape index (κ3) is 8.08. The van der Waals surface area contributed by atoms with Gasteiger partial charge in [0.25, 0.3) is 0 Å². The van der Waals surface area contributed by atoms with Gasteiger partial charge in [0.1, 0.15) is 13.2 Å². The second kappa shape index (κ2) is 9.07. The molecule has 0 aliphatic heterocycles. The van der Waals surface area contributed by atoms with Gasteiger partial charge >= 0.3 is 8.25 Å². The summed E-state index contributed by atoms with van der Waals surface area (Å²) in [6.07, 6.45) is 1.94. The van der Waals surface area contributed by atoms with E-state index in [-0.39, 0.29) is 0 Å². The van der Waals surface area contributed by atoms with E-state index in [0.29, 0.717) is 19.8 Å². The minimum absolute atomic E-state index is 0.317. The van der Waals surface area contributed by atoms with Crippen LogP contribution in [0.3, 0.4) is 0 Å². The van der Waals surface area contributed by atoms with Crippen LogP contribution in [0.1, 0.15) is 19.8 Å². The largest absolute Gasteiger partial charge is 0.697 e. The number of hydrogen-bond donors (Lipinski definition) is 0. The lowest BCUT2D eigenvalue weighted by Gasteiger charge is -1.91. The highest BCUT2D eigenvalue weighted by molar-refractivity contribution is 7.33. The van der Waals surface area contributed by atoms with Crippen molar-refractivity contribution in [1.82, 2.24) is 0 Å². The molecule has 0 aliphatic carbocycles. The smallest absolute Gasteiger partial charge is 0.382 e. The van der Waals surface area contributed by atoms with Crippen LogP contribution in [-0.2, 0) is 18.3 Å². The molecule has 0 rings (SSSR count). The van der Waals surface area contributed by atoms with Gasteiger partial charge in [-0.05, 0) is 6.42 Å². The van der Waals surface area contributed by atoms with Crippen molar-refractivity contribution in [1.29, 1.82) is 0 Å². The van der Waals surface area contributed by atoms with Crippen molar-refractivity contribution in [3.63, 3.8) is 0 Å². The second-order valence-electron chi connectivity index (χ2n) is 2.24. The first-order valence-electron chi connectivity index (χ1n) is 4.03. The molecule has 0 radical (unpaired) electrons. The Kier molecular flexibility index (Phi) is 9.06. The first-order chi connectivity index (χ1) is 5.81. The lowest BCUT2D eigenvalue weighted by molar-refractivity contribution is 0.134. The quantitative estimate of drug-likeness (QED) is 0.439. The average Bonchev–Trinajstić information content (AvgIpc) is 2.06. The fraction of sp³-hybridized carbons (Fsp3) is 1.00. The minimum atomic E-state index is -1.93. The molecule has 0 aromatic rings. The van der Waals surface area contributed by atoms with Crippen LogP contribution in [0.5, 0.6) is 0 Å². The Hall–Kier alpha value is -0.0200. The Balaban J connectivity index is 3.10. The molecule has 0 saturated heterocycles. The van der Waals surface area contributed by atoms with E-state index in [2.05, 4.69) is 0 Å². The van der Waals surface area contributed by atoms with E-state index >= 15 is 0 Å². The molecule has 0 N–H and O–H groups in total. The van der Waals surface area contributed by atoms with Gasteiger partial charge in [-0.15, -0.1) is 9.05 Å². The van der Waals surface area contributed by atoms with Crippen molar-refractivity contribution < 1.29 is 18.3 Å². The van der Waals surface area contributed by atoms with Crippen LogP contribution < -0.4 is 0 Å². The highest BCUT2D eigenvalue weighted by atomic mass is 31.1. The molecule has 0 spiro atoms. The van der Waals surface area contributed by atoms with Crippen LogP contribution in [0, 0.1) is 0 Å². The lowest BCUT2D eigenvalue weighted by atomic mass is 10.4. The van der Waals surface area contributed by atoms with E-state index < -0.39 is 8.25 Å². The highest BCUT2D eigenvalue weighted by Gasteiger charge is 2.18. The molecular formula is C7H16O4P+. The third-order valence-electron chi connectivity index (χ3n) is 1.18. The molecule has 0 aromatic carbocycles. The predicted molar refractivity (Wildman–Crippen MR) is 46.3 cm³/mol. The molecule has 12 heavy (non-hydrogen) atoms. The van der Waals surface area contributed by atoms with Crippen molar-refractivity contribution >= 4 is 8.25 Å². The second-order valence-corrected chi connectivity index (χ2v) is 3.20. The number of rotatable bonds is 8. The maximum Gasteiger partial charge on any atom is 0.697 e. The van der Waals surface area contributed by atoms with Crippen molar-refractivity contribution in [2.24, 2.45) is 0 Å². The summed E-state index contributed by atoms with van der Waals surface area (Å²) in [6, 6.07) is 0. The molecule has 0 amide bonds. The third-order valence-corrected chi connectivity index (χ3v) is 1.97. The van der Waals surface area contributed by atoms with Crippen molar-refractivity contribution in [3.05, 3.63) is 0 Å². The van der Waals surface area contributed by atoms with E-state index in [4.69, 9.17) is 13.8 Å². The molecular weight excluding hydrogens is 179 g/mol. The van der Waals surface area contributed by atoms with Crippen molar-refractivity contribution in [2.75, 3.05) is 26.9 Å². The zero-order chi connectivity index (χ0) is 9.23. The van der Waals surface area contributed by atoms with E-state index in [1.165, 1.54) is 0 Å². The van der Waals surface area contributed by atoms with Gasteiger partial charge in [-0.1, -0.05) is 13.3 Å². The first-order valence-corrected chi connectivity index (χ1v) is 5.12. The Labute approximate surface area is 74.1 Å². The van der Waals surface area contributed by atoms with Crippen LogP contribution in [0.25, 0.3) is 0 Å². The van der Waals surface area contributed by atoms with E-state index in [1.807, 2.05) is 6.92 Å². The molecule has 0 aliphatic rings. The standard InChI is InChI=1S/C7H16O4P/c1-3-4-5-10-12(8)11-7-6-9-2/h3-7H2,1-2H3/q+1. The fourth-order valence-electron chi connectivity index (χ4n) is 0.516. The topological polar surface area (TPSA) is 44.8 Å². The summed E-state index contributed by atoms with van der Waals surface area (Å²) >= 11 is 0. The number of methoxy groups -OCH3 is 1. The van der Waals surface area contributed by atoms with Gasteiger partial charge in [-0.2, -0.15) is 0 Å². The van der Waals surface area contributed by atoms with Gasteiger partial charge < -0.3 is 4.74 Å². The molecule has 0 fully saturated rings. The van der Waals surface area contributed by atoms with Gasteiger partial charge in [-0.3, -0.25) is 0 Å². The molecule has 5 heteroatoms. The SMILES string of the molecule is CCCCO[P+](=O)OCCOC. The summed E-state index contributed by atoms with van der Waals surface area (Å²) in [6.45, 7) is 3.30. The minimum Gasteiger partial charge on any atom is -0.382 e. The van der Waals surface area contributed by atoms with Crippen molar-refractivity contribution in [3.8, 4) is 0 Å². The molecule has 0 heterocycles. The monoisotopic (exact) mass is 195 g/mol. The van der Waals surface area contributed by atoms with E-state index in [9.17, 15) is 4.57 Å². The predicted octanol–water partition coefficient (Wildman–Crippen LogP) is 2.12. The fourth-order valence-corrected chi connectivity index (χ4v) is 1.09. The number of ether oxygens (including phenoxy) is 1. The highest BCUT2D eigenvalue weighted by Crippen LogP contribution is 2.23. The van der Waals surface area contributed by atoms with Crippen LogP contribution in [-0.4, -0.2) is 26.9 Å². The summed E-state index contributed by atoms with van der Waals surface area (Å²) in [5.41, 5.74) is 0. The number of unbranched alkanes of at least 4 members (excludes halogenated alkanes) is 1. The summed E-state index contributed by atoms with van der Waals surface area (Å²) in [5, 5.41) is 0. The van der Waals surface area contributed by atoms with Gasteiger partial charge in [0.2, 0.25) is 0 Å². The van der Waals surface area contributed by atoms with Crippen LogP contribution in [0.15, 0.2) is 0 Å². The summed E-state index contributed by atoms with van der Waals surface area (Å²) in [4.78, 5) is 0. The Morgan fingerprint density at radius 1 is 1.17 bits per heavy atom. The molecule has 0 aromatic heterocycles. The summed E-state index contributed by atoms with van der Waals surface area (Å²) in [7, 11) is -0.370. The van der Waals surface area contributed by atoms with Crippen molar-refractivity contribution in [2.45, 2.75) is 19.8 Å². The van der Waals surface area contributed by atoms with Crippen LogP contribution >= 0.6 is 8.25 Å². The molecule has 72 valence electrons. The maximum absolute atomic E-state index is 10.8. The zero-order valence-corrected chi connectivity index (χ0v) is 8.51. The molecule has 4 nitrogen and oxygen atoms in total. The summed E-state index contributed by atoms with van der Waals surface area (Å²) in [5.74, 6) is 0. The maximum atomic E-state index is 10.8. The normalized spacial score (nSPS) is 11.7.